The number of nitrogens with zero attached hydrogens (tertiary/aromatic N) is 2. The van der Waals surface area contributed by atoms with Crippen LogP contribution in [0.15, 0.2) is 52.8 Å². The minimum absolute atomic E-state index is 0.0140. The highest BCUT2D eigenvalue weighted by Gasteiger charge is 2.09. The number of aromatic nitrogens is 2. The molecule has 0 bridgehead atoms. The lowest BCUT2D eigenvalue weighted by molar-refractivity contribution is 0.779. The summed E-state index contributed by atoms with van der Waals surface area (Å²) in [6.07, 6.45) is 3.55. The molecule has 82 valence electrons. The first-order valence-electron chi connectivity index (χ1n) is 5.07. The molecular weight excluding hydrogens is 218 g/mol. The first kappa shape index (κ1) is 11.1. The van der Waals surface area contributed by atoms with Crippen molar-refractivity contribution in [2.24, 2.45) is 5.73 Å². The molecule has 2 aromatic rings. The topological polar surface area (TPSA) is 51.8 Å². The summed E-state index contributed by atoms with van der Waals surface area (Å²) < 4.78 is 0. The van der Waals surface area contributed by atoms with Crippen LogP contribution in [-0.4, -0.2) is 9.97 Å². The molecule has 1 atom stereocenters. The van der Waals surface area contributed by atoms with Crippen LogP contribution in [0.4, 0.5) is 0 Å². The zero-order valence-electron chi connectivity index (χ0n) is 9.00. The van der Waals surface area contributed by atoms with Gasteiger partial charge in [-0.2, -0.15) is 0 Å². The Bertz CT molecular complexity index is 457. The minimum atomic E-state index is -0.0140. The monoisotopic (exact) mass is 231 g/mol. The fourth-order valence-electron chi connectivity index (χ4n) is 1.34. The number of nitrogens with two attached hydrogens (primary N) is 1. The minimum Gasteiger partial charge on any atom is -0.324 e. The smallest absolute Gasteiger partial charge is 0.107 e. The van der Waals surface area contributed by atoms with E-state index in [1.165, 1.54) is 0 Å². The molecule has 2 heterocycles. The van der Waals surface area contributed by atoms with Crippen molar-refractivity contribution < 1.29 is 0 Å². The second-order valence-electron chi connectivity index (χ2n) is 3.46. The van der Waals surface area contributed by atoms with Crippen LogP contribution in [-0.2, 0) is 0 Å². The molecule has 2 aromatic heterocycles. The Labute approximate surface area is 99.1 Å². The van der Waals surface area contributed by atoms with E-state index in [4.69, 9.17) is 5.73 Å². The van der Waals surface area contributed by atoms with Crippen molar-refractivity contribution in [3.8, 4) is 0 Å². The lowest BCUT2D eigenvalue weighted by Crippen LogP contribution is -2.07. The summed E-state index contributed by atoms with van der Waals surface area (Å²) in [5.74, 6) is 0. The Balaban J connectivity index is 2.28. The van der Waals surface area contributed by atoms with Crippen molar-refractivity contribution in [1.29, 1.82) is 0 Å². The van der Waals surface area contributed by atoms with Gasteiger partial charge in [0.25, 0.3) is 0 Å². The van der Waals surface area contributed by atoms with Crippen LogP contribution in [0.3, 0.4) is 0 Å². The van der Waals surface area contributed by atoms with Crippen LogP contribution in [0, 0.1) is 0 Å². The molecule has 0 saturated carbocycles. The first-order chi connectivity index (χ1) is 7.77. The zero-order valence-corrected chi connectivity index (χ0v) is 9.82. The van der Waals surface area contributed by atoms with Gasteiger partial charge >= 0.3 is 0 Å². The maximum absolute atomic E-state index is 5.89. The molecule has 2 rings (SSSR count). The lowest BCUT2D eigenvalue weighted by atomic mass is 10.2. The second kappa shape index (κ2) is 5.09. The highest BCUT2D eigenvalue weighted by Crippen LogP contribution is 2.29. The Kier molecular flexibility index (Phi) is 3.54. The largest absolute Gasteiger partial charge is 0.324 e. The molecule has 0 unspecified atom stereocenters. The van der Waals surface area contributed by atoms with Gasteiger partial charge in [0, 0.05) is 24.0 Å². The van der Waals surface area contributed by atoms with Gasteiger partial charge in [-0.3, -0.25) is 0 Å². The molecule has 0 amide bonds. The molecule has 3 nitrogen and oxygen atoms in total. The molecular formula is C12H13N3S. The molecule has 0 radical (unpaired) electrons. The predicted octanol–water partition coefficient (Wildman–Crippen LogP) is 2.65. The first-order valence-corrected chi connectivity index (χ1v) is 5.88. The third-order valence-electron chi connectivity index (χ3n) is 2.13. The van der Waals surface area contributed by atoms with Gasteiger partial charge in [-0.05, 0) is 36.9 Å². The van der Waals surface area contributed by atoms with Gasteiger partial charge in [-0.1, -0.05) is 12.1 Å². The average molecular weight is 231 g/mol. The molecule has 0 aliphatic carbocycles. The maximum atomic E-state index is 5.89. The van der Waals surface area contributed by atoms with E-state index >= 15 is 0 Å². The summed E-state index contributed by atoms with van der Waals surface area (Å²) in [6.45, 7) is 1.96. The van der Waals surface area contributed by atoms with Crippen molar-refractivity contribution in [3.05, 3.63) is 48.3 Å². The van der Waals surface area contributed by atoms with Crippen LogP contribution in [0.2, 0.25) is 0 Å². The fraction of sp³-hybridized carbons (Fsp3) is 0.167. The van der Waals surface area contributed by atoms with Crippen molar-refractivity contribution >= 4 is 11.8 Å². The Morgan fingerprint density at radius 1 is 1.12 bits per heavy atom. The van der Waals surface area contributed by atoms with E-state index in [1.807, 2.05) is 37.3 Å². The van der Waals surface area contributed by atoms with Crippen LogP contribution in [0.25, 0.3) is 0 Å². The zero-order chi connectivity index (χ0) is 11.4. The SMILES string of the molecule is C[C@@H](N)c1cccnc1Sc1ccccn1. The van der Waals surface area contributed by atoms with Gasteiger partial charge in [-0.25, -0.2) is 9.97 Å². The van der Waals surface area contributed by atoms with Gasteiger partial charge in [-0.15, -0.1) is 0 Å². The Morgan fingerprint density at radius 2 is 1.94 bits per heavy atom. The van der Waals surface area contributed by atoms with Crippen molar-refractivity contribution in [1.82, 2.24) is 9.97 Å². The van der Waals surface area contributed by atoms with E-state index in [-0.39, 0.29) is 6.04 Å². The van der Waals surface area contributed by atoms with Gasteiger partial charge in [0.15, 0.2) is 0 Å². The standard InChI is InChI=1S/C12H13N3S/c1-9(13)10-5-4-8-15-12(10)16-11-6-2-3-7-14-11/h2-9H,13H2,1H3/t9-/m1/s1. The van der Waals surface area contributed by atoms with Crippen LogP contribution in [0.5, 0.6) is 0 Å². The normalized spacial score (nSPS) is 12.4. The Morgan fingerprint density at radius 3 is 2.62 bits per heavy atom. The fourth-order valence-corrected chi connectivity index (χ4v) is 2.29. The summed E-state index contributed by atoms with van der Waals surface area (Å²) in [5, 5.41) is 1.86. The average Bonchev–Trinajstić information content (AvgIpc) is 2.31. The van der Waals surface area contributed by atoms with E-state index in [9.17, 15) is 0 Å². The van der Waals surface area contributed by atoms with Gasteiger partial charge in [0.1, 0.15) is 10.1 Å². The van der Waals surface area contributed by atoms with Gasteiger partial charge < -0.3 is 5.73 Å². The number of hydrogen-bond acceptors (Lipinski definition) is 4. The van der Waals surface area contributed by atoms with Crippen molar-refractivity contribution in [3.63, 3.8) is 0 Å². The summed E-state index contributed by atoms with van der Waals surface area (Å²) in [4.78, 5) is 8.59. The van der Waals surface area contributed by atoms with Crippen molar-refractivity contribution in [2.75, 3.05) is 0 Å². The summed E-state index contributed by atoms with van der Waals surface area (Å²) >= 11 is 1.54. The highest BCUT2D eigenvalue weighted by molar-refractivity contribution is 7.99. The number of hydrogen-bond donors (Lipinski definition) is 1. The summed E-state index contributed by atoms with van der Waals surface area (Å²) in [6, 6.07) is 9.72. The van der Waals surface area contributed by atoms with Crippen LogP contribution < -0.4 is 5.73 Å². The molecule has 0 aliphatic heterocycles. The third-order valence-corrected chi connectivity index (χ3v) is 3.12. The van der Waals surface area contributed by atoms with Gasteiger partial charge in [0.05, 0.1) is 0 Å². The summed E-state index contributed by atoms with van der Waals surface area (Å²) in [7, 11) is 0. The van der Waals surface area contributed by atoms with Crippen molar-refractivity contribution in [2.45, 2.75) is 23.0 Å². The second-order valence-corrected chi connectivity index (χ2v) is 4.47. The van der Waals surface area contributed by atoms with E-state index in [0.29, 0.717) is 0 Å². The highest BCUT2D eigenvalue weighted by atomic mass is 32.2. The van der Waals surface area contributed by atoms with E-state index in [2.05, 4.69) is 9.97 Å². The van der Waals surface area contributed by atoms with Gasteiger partial charge in [0.2, 0.25) is 0 Å². The molecule has 0 aliphatic rings. The molecule has 4 heteroatoms. The van der Waals surface area contributed by atoms with E-state index in [0.717, 1.165) is 15.6 Å². The predicted molar refractivity (Wildman–Crippen MR) is 65.2 cm³/mol. The van der Waals surface area contributed by atoms with Crippen LogP contribution >= 0.6 is 11.8 Å². The lowest BCUT2D eigenvalue weighted by Gasteiger charge is -2.09. The third kappa shape index (κ3) is 2.59. The number of rotatable bonds is 3. The van der Waals surface area contributed by atoms with Crippen LogP contribution in [0.1, 0.15) is 18.5 Å². The quantitative estimate of drug-likeness (QED) is 0.882. The molecule has 0 saturated heterocycles. The maximum Gasteiger partial charge on any atom is 0.107 e. The molecule has 2 N–H and O–H groups in total. The number of pyridine rings is 2. The Hall–Kier alpha value is -1.39. The molecule has 0 fully saturated rings. The molecule has 0 spiro atoms. The molecule has 0 aromatic carbocycles. The summed E-state index contributed by atoms with van der Waals surface area (Å²) in [5.41, 5.74) is 6.95. The molecule has 16 heavy (non-hydrogen) atoms. The van der Waals surface area contributed by atoms with E-state index < -0.39 is 0 Å². The van der Waals surface area contributed by atoms with E-state index in [1.54, 1.807) is 24.2 Å².